The number of benzene rings is 1. The maximum Gasteiger partial charge on any atom is 0.271 e. The highest BCUT2D eigenvalue weighted by Crippen LogP contribution is 2.08. The van der Waals surface area contributed by atoms with Crippen LogP contribution in [-0.2, 0) is 0 Å². The third kappa shape index (κ3) is 4.13. The van der Waals surface area contributed by atoms with E-state index >= 15 is 0 Å². The van der Waals surface area contributed by atoms with Gasteiger partial charge in [0.05, 0.1) is 17.2 Å². The van der Waals surface area contributed by atoms with Crippen LogP contribution in [0, 0.1) is 0 Å². The number of unbranched alkanes of at least 4 members (excludes halogenated alkanes) is 1. The highest BCUT2D eigenvalue weighted by Gasteiger charge is 2.08. The van der Waals surface area contributed by atoms with Gasteiger partial charge in [-0.1, -0.05) is 17.3 Å². The summed E-state index contributed by atoms with van der Waals surface area (Å²) in [4.78, 5) is 20.4. The van der Waals surface area contributed by atoms with E-state index in [2.05, 4.69) is 20.4 Å². The molecule has 1 heterocycles. The van der Waals surface area contributed by atoms with Gasteiger partial charge in [-0.2, -0.15) is 0 Å². The highest BCUT2D eigenvalue weighted by atomic mass is 16.4. The Bertz CT molecular complexity index is 657. The number of fused-ring (bicyclic) bond motifs is 1. The van der Waals surface area contributed by atoms with Gasteiger partial charge in [0.25, 0.3) is 5.91 Å². The summed E-state index contributed by atoms with van der Waals surface area (Å²) in [7, 11) is 0. The molecule has 110 valence electrons. The Balaban J connectivity index is 1.84. The number of amidine groups is 1. The smallest absolute Gasteiger partial charge is 0.271 e. The predicted molar refractivity (Wildman–Crippen MR) is 79.1 cm³/mol. The van der Waals surface area contributed by atoms with E-state index in [0.29, 0.717) is 24.2 Å². The number of aromatic nitrogens is 2. The number of oxime groups is 1. The molecule has 0 aliphatic carbocycles. The summed E-state index contributed by atoms with van der Waals surface area (Å²) in [6, 6.07) is 7.39. The van der Waals surface area contributed by atoms with E-state index in [9.17, 15) is 4.79 Å². The minimum absolute atomic E-state index is 0.196. The average Bonchev–Trinajstić information content (AvgIpc) is 2.53. The van der Waals surface area contributed by atoms with Crippen LogP contribution >= 0.6 is 0 Å². The van der Waals surface area contributed by atoms with E-state index in [1.807, 2.05) is 24.3 Å². The number of rotatable bonds is 6. The van der Waals surface area contributed by atoms with E-state index in [0.717, 1.165) is 18.4 Å². The normalized spacial score (nSPS) is 11.5. The second-order valence-corrected chi connectivity index (χ2v) is 4.55. The van der Waals surface area contributed by atoms with Crippen LogP contribution in [0.3, 0.4) is 0 Å². The summed E-state index contributed by atoms with van der Waals surface area (Å²) in [6.07, 6.45) is 3.44. The lowest BCUT2D eigenvalue weighted by atomic mass is 10.2. The molecule has 7 heteroatoms. The third-order valence-corrected chi connectivity index (χ3v) is 2.95. The zero-order valence-electron chi connectivity index (χ0n) is 11.5. The first-order valence-electron chi connectivity index (χ1n) is 6.67. The summed E-state index contributed by atoms with van der Waals surface area (Å²) >= 11 is 0. The number of carbonyl (C=O) groups excluding carboxylic acids is 1. The van der Waals surface area contributed by atoms with E-state index in [1.165, 1.54) is 6.20 Å². The van der Waals surface area contributed by atoms with Crippen LogP contribution in [0.4, 0.5) is 0 Å². The average molecular weight is 287 g/mol. The van der Waals surface area contributed by atoms with Gasteiger partial charge in [-0.15, -0.1) is 0 Å². The van der Waals surface area contributed by atoms with E-state index in [-0.39, 0.29) is 11.7 Å². The Labute approximate surface area is 121 Å². The van der Waals surface area contributed by atoms with Crippen molar-refractivity contribution in [3.8, 4) is 0 Å². The molecule has 1 aromatic carbocycles. The van der Waals surface area contributed by atoms with Crippen LogP contribution in [0.25, 0.3) is 11.0 Å². The molecule has 0 fully saturated rings. The van der Waals surface area contributed by atoms with E-state index in [1.54, 1.807) is 0 Å². The Morgan fingerprint density at radius 2 is 2.05 bits per heavy atom. The fourth-order valence-corrected chi connectivity index (χ4v) is 1.84. The number of hydrogen-bond acceptors (Lipinski definition) is 5. The van der Waals surface area contributed by atoms with Crippen LogP contribution in [0.1, 0.15) is 29.8 Å². The van der Waals surface area contributed by atoms with Crippen LogP contribution < -0.4 is 11.1 Å². The molecule has 0 aliphatic rings. The van der Waals surface area contributed by atoms with Crippen molar-refractivity contribution in [1.82, 2.24) is 15.3 Å². The number of amides is 1. The number of para-hydroxylation sites is 2. The summed E-state index contributed by atoms with van der Waals surface area (Å²) < 4.78 is 0. The van der Waals surface area contributed by atoms with Gasteiger partial charge in [-0.3, -0.25) is 9.78 Å². The third-order valence-electron chi connectivity index (χ3n) is 2.95. The first-order valence-corrected chi connectivity index (χ1v) is 6.67. The second kappa shape index (κ2) is 7.18. The topological polar surface area (TPSA) is 113 Å². The molecule has 0 saturated heterocycles. The number of hydrogen-bond donors (Lipinski definition) is 3. The number of nitrogens with one attached hydrogen (secondary N) is 1. The van der Waals surface area contributed by atoms with Crippen molar-refractivity contribution in [2.75, 3.05) is 6.54 Å². The van der Waals surface area contributed by atoms with Crippen molar-refractivity contribution >= 4 is 22.8 Å². The lowest BCUT2D eigenvalue weighted by Gasteiger charge is -2.05. The molecule has 0 saturated carbocycles. The van der Waals surface area contributed by atoms with Gasteiger partial charge >= 0.3 is 0 Å². The minimum Gasteiger partial charge on any atom is -0.409 e. The van der Waals surface area contributed by atoms with Crippen LogP contribution in [-0.4, -0.2) is 33.5 Å². The van der Waals surface area contributed by atoms with Crippen molar-refractivity contribution in [3.63, 3.8) is 0 Å². The number of nitrogens with zero attached hydrogens (tertiary/aromatic N) is 3. The largest absolute Gasteiger partial charge is 0.409 e. The van der Waals surface area contributed by atoms with Gasteiger partial charge in [0.1, 0.15) is 11.5 Å². The van der Waals surface area contributed by atoms with Gasteiger partial charge < -0.3 is 16.3 Å². The summed E-state index contributed by atoms with van der Waals surface area (Å²) in [6.45, 7) is 0.506. The quantitative estimate of drug-likeness (QED) is 0.243. The van der Waals surface area contributed by atoms with Crippen molar-refractivity contribution in [3.05, 3.63) is 36.2 Å². The van der Waals surface area contributed by atoms with Gasteiger partial charge in [-0.25, -0.2) is 4.98 Å². The summed E-state index contributed by atoms with van der Waals surface area (Å²) in [5, 5.41) is 14.1. The first kappa shape index (κ1) is 14.7. The molecule has 2 rings (SSSR count). The van der Waals surface area contributed by atoms with Crippen molar-refractivity contribution in [1.29, 1.82) is 0 Å². The highest BCUT2D eigenvalue weighted by molar-refractivity contribution is 5.93. The second-order valence-electron chi connectivity index (χ2n) is 4.55. The van der Waals surface area contributed by atoms with Crippen molar-refractivity contribution in [2.45, 2.75) is 19.3 Å². The Morgan fingerprint density at radius 1 is 1.29 bits per heavy atom. The lowest BCUT2D eigenvalue weighted by Crippen LogP contribution is -2.25. The van der Waals surface area contributed by atoms with Crippen LogP contribution in [0.5, 0.6) is 0 Å². The van der Waals surface area contributed by atoms with Crippen molar-refractivity contribution in [2.24, 2.45) is 10.9 Å². The molecule has 21 heavy (non-hydrogen) atoms. The van der Waals surface area contributed by atoms with Crippen molar-refractivity contribution < 1.29 is 10.0 Å². The van der Waals surface area contributed by atoms with Crippen LogP contribution in [0.2, 0.25) is 0 Å². The molecule has 0 bridgehead atoms. The summed E-state index contributed by atoms with van der Waals surface area (Å²) in [5.41, 5.74) is 7.10. The molecule has 0 radical (unpaired) electrons. The van der Waals surface area contributed by atoms with E-state index < -0.39 is 0 Å². The molecular formula is C14H17N5O2. The molecule has 0 atom stereocenters. The van der Waals surface area contributed by atoms with Gasteiger partial charge in [-0.05, 0) is 25.0 Å². The molecule has 0 aliphatic heterocycles. The number of carbonyl (C=O) groups is 1. The molecule has 0 spiro atoms. The Kier molecular flexibility index (Phi) is 5.03. The molecule has 2 aromatic rings. The Morgan fingerprint density at radius 3 is 2.81 bits per heavy atom. The summed E-state index contributed by atoms with van der Waals surface area (Å²) in [5.74, 6) is -0.0567. The van der Waals surface area contributed by atoms with E-state index in [4.69, 9.17) is 10.9 Å². The fourth-order valence-electron chi connectivity index (χ4n) is 1.84. The zero-order valence-corrected chi connectivity index (χ0v) is 11.5. The van der Waals surface area contributed by atoms with Crippen LogP contribution in [0.15, 0.2) is 35.6 Å². The zero-order chi connectivity index (χ0) is 15.1. The lowest BCUT2D eigenvalue weighted by molar-refractivity contribution is 0.0948. The van der Waals surface area contributed by atoms with Gasteiger partial charge in [0.15, 0.2) is 0 Å². The minimum atomic E-state index is -0.253. The molecule has 4 N–H and O–H groups in total. The number of nitrogens with two attached hydrogens (primary N) is 1. The van der Waals surface area contributed by atoms with Gasteiger partial charge in [0.2, 0.25) is 0 Å². The fraction of sp³-hybridized carbons (Fsp3) is 0.286. The van der Waals surface area contributed by atoms with Gasteiger partial charge in [0, 0.05) is 13.0 Å². The SMILES string of the molecule is N/C(CCCCNC(=O)c1cnc2ccccc2n1)=N/O. The predicted octanol–water partition coefficient (Wildman–Crippen LogP) is 1.28. The standard InChI is InChI=1S/C14H17N5O2/c15-13(19-21)7-3-4-8-16-14(20)12-9-17-10-5-1-2-6-11(10)18-12/h1-2,5-6,9,21H,3-4,7-8H2,(H2,15,19)(H,16,20). The Hall–Kier alpha value is -2.70. The maximum atomic E-state index is 11.9. The molecule has 1 aromatic heterocycles. The monoisotopic (exact) mass is 287 g/mol. The first-order chi connectivity index (χ1) is 10.2. The molecule has 7 nitrogen and oxygen atoms in total. The molecular weight excluding hydrogens is 270 g/mol. The molecule has 0 unspecified atom stereocenters. The molecule has 1 amide bonds. The maximum absolute atomic E-state index is 11.9.